The number of hydroxylamine groups is 2. The molecule has 0 aliphatic carbocycles. The Hall–Kier alpha value is -0.200. The molecule has 5 heteroatoms. The van der Waals surface area contributed by atoms with E-state index in [1.54, 1.807) is 13.8 Å². The molecule has 10 heavy (non-hydrogen) atoms. The van der Waals surface area contributed by atoms with Crippen LogP contribution < -0.4 is 0 Å². The third-order valence-corrected chi connectivity index (χ3v) is 1.97. The van der Waals surface area contributed by atoms with Gasteiger partial charge in [0, 0.05) is 19.1 Å². The molecule has 5 nitrogen and oxygen atoms in total. The van der Waals surface area contributed by atoms with Crippen LogP contribution >= 0.6 is 0 Å². The molecule has 0 radical (unpaired) electrons. The molecule has 2 unspecified atom stereocenters. The smallest absolute Gasteiger partial charge is 0.0252 e. The van der Waals surface area contributed by atoms with E-state index < -0.39 is 0 Å². The van der Waals surface area contributed by atoms with Crippen molar-refractivity contribution in [1.29, 1.82) is 0 Å². The summed E-state index contributed by atoms with van der Waals surface area (Å²) in [5, 5.41) is 24.2. The molecule has 1 aliphatic rings. The van der Waals surface area contributed by atoms with Gasteiger partial charge in [-0.1, -0.05) is 0 Å². The minimum Gasteiger partial charge on any atom is -0.770 e. The third kappa shape index (κ3) is 0.920. The maximum absolute atomic E-state index is 10.9. The van der Waals surface area contributed by atoms with Crippen LogP contribution in [0.2, 0.25) is 0 Å². The number of hydrogen-bond donors (Lipinski definition) is 0. The summed E-state index contributed by atoms with van der Waals surface area (Å²) in [6, 6.07) is -0.495. The number of nitrogens with zero attached hydrogens (tertiary/aromatic N) is 3. The lowest BCUT2D eigenvalue weighted by Gasteiger charge is -2.38. The van der Waals surface area contributed by atoms with Crippen LogP contribution in [0, 0.1) is 10.4 Å². The number of rotatable bonds is 0. The van der Waals surface area contributed by atoms with Crippen LogP contribution in [-0.4, -0.2) is 34.6 Å². The first-order valence-corrected chi connectivity index (χ1v) is 3.22. The van der Waals surface area contributed by atoms with Crippen LogP contribution in [0.5, 0.6) is 0 Å². The standard InChI is InChI=1S/C5H11N3O2/c1-4-5(2)8(10)6(3)7(4)9/h4-5H,1-3H3/q-2. The first kappa shape index (κ1) is 7.90. The molecular weight excluding hydrogens is 134 g/mol. The largest absolute Gasteiger partial charge is 0.770 e. The van der Waals surface area contributed by atoms with Gasteiger partial charge in [0.25, 0.3) is 0 Å². The Morgan fingerprint density at radius 1 is 1.00 bits per heavy atom. The van der Waals surface area contributed by atoms with Crippen LogP contribution in [-0.2, 0) is 0 Å². The summed E-state index contributed by atoms with van der Waals surface area (Å²) in [7, 11) is 1.46. The molecule has 0 amide bonds. The lowest BCUT2D eigenvalue weighted by atomic mass is 10.2. The molecule has 0 N–H and O–H groups in total. The van der Waals surface area contributed by atoms with Crippen molar-refractivity contribution in [3.63, 3.8) is 0 Å². The molecule has 0 spiro atoms. The van der Waals surface area contributed by atoms with E-state index in [0.717, 1.165) is 5.12 Å². The molecule has 0 saturated carbocycles. The predicted octanol–water partition coefficient (Wildman–Crippen LogP) is 0.138. The molecule has 0 aromatic carbocycles. The number of hydrogen-bond acceptors (Lipinski definition) is 5. The average Bonchev–Trinajstić information content (AvgIpc) is 2.07. The molecule has 1 fully saturated rings. The second-order valence-electron chi connectivity index (χ2n) is 2.58. The summed E-state index contributed by atoms with van der Waals surface area (Å²) in [5.74, 6) is 0. The van der Waals surface area contributed by atoms with Gasteiger partial charge in [0.2, 0.25) is 0 Å². The molecular formula is C5H11N3O2-2. The van der Waals surface area contributed by atoms with Crippen LogP contribution in [0.1, 0.15) is 13.8 Å². The molecule has 0 aromatic heterocycles. The van der Waals surface area contributed by atoms with E-state index in [0.29, 0.717) is 10.3 Å². The molecule has 60 valence electrons. The van der Waals surface area contributed by atoms with Crippen molar-refractivity contribution in [3.8, 4) is 0 Å². The Morgan fingerprint density at radius 3 is 1.40 bits per heavy atom. The lowest BCUT2D eigenvalue weighted by molar-refractivity contribution is -0.0508. The van der Waals surface area contributed by atoms with Crippen LogP contribution in [0.25, 0.3) is 0 Å². The van der Waals surface area contributed by atoms with E-state index in [2.05, 4.69) is 0 Å². The van der Waals surface area contributed by atoms with E-state index in [4.69, 9.17) is 0 Å². The van der Waals surface area contributed by atoms with Crippen molar-refractivity contribution in [1.82, 2.24) is 15.5 Å². The fourth-order valence-electron chi connectivity index (χ4n) is 0.983. The quantitative estimate of drug-likeness (QED) is 0.485. The normalized spacial score (nSPS) is 39.3. The minimum atomic E-state index is -0.248. The van der Waals surface area contributed by atoms with Crippen molar-refractivity contribution >= 4 is 0 Å². The van der Waals surface area contributed by atoms with Gasteiger partial charge >= 0.3 is 0 Å². The second-order valence-corrected chi connectivity index (χ2v) is 2.58. The maximum Gasteiger partial charge on any atom is 0.0252 e. The SMILES string of the molecule is CC1C(C)N([O-])N(C)N1[O-]. The summed E-state index contributed by atoms with van der Waals surface area (Å²) in [5.41, 5.74) is 0. The molecule has 0 bridgehead atoms. The van der Waals surface area contributed by atoms with Crippen LogP contribution in [0.3, 0.4) is 0 Å². The molecule has 1 saturated heterocycles. The Balaban J connectivity index is 2.68. The zero-order valence-electron chi connectivity index (χ0n) is 6.31. The fourth-order valence-corrected chi connectivity index (χ4v) is 0.983. The fraction of sp³-hybridized carbons (Fsp3) is 1.00. The monoisotopic (exact) mass is 145 g/mol. The van der Waals surface area contributed by atoms with Gasteiger partial charge in [-0.2, -0.15) is 0 Å². The van der Waals surface area contributed by atoms with E-state index in [1.807, 2.05) is 0 Å². The van der Waals surface area contributed by atoms with Gasteiger partial charge in [-0.05, 0) is 13.8 Å². The molecule has 1 aliphatic heterocycles. The highest BCUT2D eigenvalue weighted by atomic mass is 16.7. The van der Waals surface area contributed by atoms with Gasteiger partial charge in [0.05, 0.1) is 0 Å². The molecule has 1 rings (SSSR count). The van der Waals surface area contributed by atoms with Gasteiger partial charge in [-0.15, -0.1) is 0 Å². The molecule has 0 aromatic rings. The summed E-state index contributed by atoms with van der Waals surface area (Å²) in [4.78, 5) is 0. The second kappa shape index (κ2) is 2.44. The summed E-state index contributed by atoms with van der Waals surface area (Å²) in [6.45, 7) is 3.46. The summed E-state index contributed by atoms with van der Waals surface area (Å²) >= 11 is 0. The van der Waals surface area contributed by atoms with Gasteiger partial charge in [0.1, 0.15) is 0 Å². The Bertz CT molecular complexity index is 87.2. The highest BCUT2D eigenvalue weighted by Gasteiger charge is 2.27. The van der Waals surface area contributed by atoms with Gasteiger partial charge in [0.15, 0.2) is 0 Å². The van der Waals surface area contributed by atoms with E-state index >= 15 is 0 Å². The third-order valence-electron chi connectivity index (χ3n) is 1.97. The zero-order chi connectivity index (χ0) is 7.89. The van der Waals surface area contributed by atoms with Crippen molar-refractivity contribution in [3.05, 3.63) is 10.4 Å². The molecule has 2 atom stereocenters. The topological polar surface area (TPSA) is 55.8 Å². The van der Waals surface area contributed by atoms with E-state index in [-0.39, 0.29) is 12.1 Å². The van der Waals surface area contributed by atoms with Gasteiger partial charge < -0.3 is 20.8 Å². The van der Waals surface area contributed by atoms with Crippen molar-refractivity contribution < 1.29 is 0 Å². The van der Waals surface area contributed by atoms with Crippen molar-refractivity contribution in [2.24, 2.45) is 0 Å². The Morgan fingerprint density at radius 2 is 1.30 bits per heavy atom. The summed E-state index contributed by atoms with van der Waals surface area (Å²) in [6.07, 6.45) is 0. The maximum atomic E-state index is 10.9. The zero-order valence-corrected chi connectivity index (χ0v) is 6.31. The van der Waals surface area contributed by atoms with E-state index in [1.165, 1.54) is 7.05 Å². The summed E-state index contributed by atoms with van der Waals surface area (Å²) < 4.78 is 0. The Labute approximate surface area is 59.9 Å². The minimum absolute atomic E-state index is 0.248. The van der Waals surface area contributed by atoms with Gasteiger partial charge in [-0.3, -0.25) is 0 Å². The van der Waals surface area contributed by atoms with E-state index in [9.17, 15) is 10.4 Å². The van der Waals surface area contributed by atoms with Crippen molar-refractivity contribution in [2.45, 2.75) is 25.9 Å². The first-order valence-electron chi connectivity index (χ1n) is 3.22. The van der Waals surface area contributed by atoms with Gasteiger partial charge in [-0.25, -0.2) is 5.12 Å². The van der Waals surface area contributed by atoms with Crippen molar-refractivity contribution in [2.75, 3.05) is 7.05 Å². The number of hydrazine groups is 2. The van der Waals surface area contributed by atoms with Crippen LogP contribution in [0.4, 0.5) is 0 Å². The highest BCUT2D eigenvalue weighted by molar-refractivity contribution is 4.83. The first-order chi connectivity index (χ1) is 4.55. The van der Waals surface area contributed by atoms with Crippen LogP contribution in [0.15, 0.2) is 0 Å². The average molecular weight is 145 g/mol. The highest BCUT2D eigenvalue weighted by Crippen LogP contribution is 2.20. The predicted molar refractivity (Wildman–Crippen MR) is 37.1 cm³/mol. The lowest BCUT2D eigenvalue weighted by Crippen LogP contribution is -2.36. The molecule has 1 heterocycles. The Kier molecular flexibility index (Phi) is 1.93.